The number of esters is 1. The lowest BCUT2D eigenvalue weighted by molar-refractivity contribution is -0.142. The van der Waals surface area contributed by atoms with Crippen molar-refractivity contribution in [2.45, 2.75) is 19.4 Å². The average Bonchev–Trinajstić information content (AvgIpc) is 2.53. The summed E-state index contributed by atoms with van der Waals surface area (Å²) in [5.74, 6) is -0.163. The fourth-order valence-corrected chi connectivity index (χ4v) is 1.27. The van der Waals surface area contributed by atoms with E-state index in [1.807, 2.05) is 6.92 Å². The summed E-state index contributed by atoms with van der Waals surface area (Å²) in [6.07, 6.45) is 1.10. The topological polar surface area (TPSA) is 50.4 Å². The van der Waals surface area contributed by atoms with E-state index in [-0.39, 0.29) is 5.97 Å². The Morgan fingerprint density at radius 2 is 2.58 bits per heavy atom. The van der Waals surface area contributed by atoms with Gasteiger partial charge in [-0.15, -0.1) is 0 Å². The molecular weight excluding hydrogens is 156 g/mol. The Morgan fingerprint density at radius 3 is 3.17 bits per heavy atom. The molecule has 1 aliphatic heterocycles. The Hall–Kier alpha value is -0.610. The molecule has 0 spiro atoms. The highest BCUT2D eigenvalue weighted by Crippen LogP contribution is 1.95. The summed E-state index contributed by atoms with van der Waals surface area (Å²) in [5, 5.41) is 6.34. The van der Waals surface area contributed by atoms with Gasteiger partial charge in [-0.3, -0.25) is 4.79 Å². The Labute approximate surface area is 72.7 Å². The van der Waals surface area contributed by atoms with Gasteiger partial charge in [0, 0.05) is 12.6 Å². The largest absolute Gasteiger partial charge is 0.465 e. The van der Waals surface area contributed by atoms with Crippen LogP contribution in [0.1, 0.15) is 13.3 Å². The minimum atomic E-state index is -0.163. The minimum absolute atomic E-state index is 0.163. The predicted molar refractivity (Wildman–Crippen MR) is 45.9 cm³/mol. The summed E-state index contributed by atoms with van der Waals surface area (Å²) >= 11 is 0. The van der Waals surface area contributed by atoms with Crippen molar-refractivity contribution in [1.29, 1.82) is 0 Å². The molecule has 0 amide bonds. The molecule has 1 heterocycles. The number of ether oxygens (including phenoxy) is 1. The molecule has 0 aromatic carbocycles. The normalized spacial score (nSPS) is 22.6. The third-order valence-electron chi connectivity index (χ3n) is 1.90. The number of nitrogens with one attached hydrogen (secondary N) is 2. The molecule has 1 rings (SSSR count). The summed E-state index contributed by atoms with van der Waals surface area (Å²) in [5.41, 5.74) is 0. The first-order valence-corrected chi connectivity index (χ1v) is 4.42. The Bertz CT molecular complexity index is 144. The maximum atomic E-state index is 10.9. The molecule has 70 valence electrons. The SMILES string of the molecule is CCOC(=O)CN[C@H]1CCNC1. The molecule has 1 atom stereocenters. The Morgan fingerprint density at radius 1 is 1.75 bits per heavy atom. The highest BCUT2D eigenvalue weighted by atomic mass is 16.5. The van der Waals surface area contributed by atoms with Crippen molar-refractivity contribution in [3.8, 4) is 0 Å². The average molecular weight is 172 g/mol. The lowest BCUT2D eigenvalue weighted by Crippen LogP contribution is -2.35. The Kier molecular flexibility index (Phi) is 4.04. The van der Waals surface area contributed by atoms with E-state index in [9.17, 15) is 4.79 Å². The molecule has 0 aromatic rings. The lowest BCUT2D eigenvalue weighted by Gasteiger charge is -2.09. The van der Waals surface area contributed by atoms with Crippen molar-refractivity contribution in [2.75, 3.05) is 26.2 Å². The molecule has 0 radical (unpaired) electrons. The van der Waals surface area contributed by atoms with Crippen LogP contribution in [0.25, 0.3) is 0 Å². The van der Waals surface area contributed by atoms with Crippen molar-refractivity contribution < 1.29 is 9.53 Å². The zero-order valence-electron chi connectivity index (χ0n) is 7.43. The lowest BCUT2D eigenvalue weighted by atomic mass is 10.3. The molecule has 0 bridgehead atoms. The van der Waals surface area contributed by atoms with Gasteiger partial charge in [-0.25, -0.2) is 0 Å². The number of carbonyl (C=O) groups is 1. The molecule has 1 aliphatic rings. The first-order chi connectivity index (χ1) is 5.83. The third-order valence-corrected chi connectivity index (χ3v) is 1.90. The zero-order valence-corrected chi connectivity index (χ0v) is 7.43. The van der Waals surface area contributed by atoms with Crippen LogP contribution in [0.3, 0.4) is 0 Å². The third kappa shape index (κ3) is 3.19. The van der Waals surface area contributed by atoms with E-state index in [0.717, 1.165) is 19.5 Å². The number of hydrogen-bond acceptors (Lipinski definition) is 4. The van der Waals surface area contributed by atoms with Gasteiger partial charge >= 0.3 is 5.97 Å². The van der Waals surface area contributed by atoms with E-state index >= 15 is 0 Å². The number of carbonyl (C=O) groups excluding carboxylic acids is 1. The van der Waals surface area contributed by atoms with E-state index in [1.54, 1.807) is 0 Å². The summed E-state index contributed by atoms with van der Waals surface area (Å²) in [6, 6.07) is 0.439. The predicted octanol–water partition coefficient (Wildman–Crippen LogP) is -0.499. The molecule has 0 saturated carbocycles. The second-order valence-corrected chi connectivity index (χ2v) is 2.88. The molecule has 0 aliphatic carbocycles. The standard InChI is InChI=1S/C8H16N2O2/c1-2-12-8(11)6-10-7-3-4-9-5-7/h7,9-10H,2-6H2,1H3/t7-/m0/s1. The number of hydrogen-bond donors (Lipinski definition) is 2. The summed E-state index contributed by atoms with van der Waals surface area (Å²) in [4.78, 5) is 10.9. The van der Waals surface area contributed by atoms with Crippen LogP contribution in [0.15, 0.2) is 0 Å². The molecule has 12 heavy (non-hydrogen) atoms. The quantitative estimate of drug-likeness (QED) is 0.561. The zero-order chi connectivity index (χ0) is 8.81. The second-order valence-electron chi connectivity index (χ2n) is 2.88. The second kappa shape index (κ2) is 5.11. The maximum absolute atomic E-state index is 10.9. The molecule has 4 heteroatoms. The van der Waals surface area contributed by atoms with Gasteiger partial charge < -0.3 is 15.4 Å². The van der Waals surface area contributed by atoms with E-state index < -0.39 is 0 Å². The van der Waals surface area contributed by atoms with Gasteiger partial charge in [0.1, 0.15) is 0 Å². The van der Waals surface area contributed by atoms with Gasteiger partial charge in [0.15, 0.2) is 0 Å². The van der Waals surface area contributed by atoms with Gasteiger partial charge in [-0.2, -0.15) is 0 Å². The van der Waals surface area contributed by atoms with Gasteiger partial charge in [0.05, 0.1) is 13.2 Å². The fraction of sp³-hybridized carbons (Fsp3) is 0.875. The summed E-state index contributed by atoms with van der Waals surface area (Å²) in [6.45, 7) is 4.61. The molecule has 0 aromatic heterocycles. The van der Waals surface area contributed by atoms with Crippen molar-refractivity contribution in [1.82, 2.24) is 10.6 Å². The smallest absolute Gasteiger partial charge is 0.319 e. The molecule has 0 unspecified atom stereocenters. The van der Waals surface area contributed by atoms with E-state index in [0.29, 0.717) is 19.2 Å². The van der Waals surface area contributed by atoms with Crippen LogP contribution in [0.2, 0.25) is 0 Å². The van der Waals surface area contributed by atoms with Crippen LogP contribution in [-0.4, -0.2) is 38.3 Å². The highest BCUT2D eigenvalue weighted by molar-refractivity contribution is 5.71. The molecule has 1 saturated heterocycles. The fourth-order valence-electron chi connectivity index (χ4n) is 1.27. The monoisotopic (exact) mass is 172 g/mol. The molecule has 2 N–H and O–H groups in total. The van der Waals surface area contributed by atoms with Gasteiger partial charge in [0.2, 0.25) is 0 Å². The van der Waals surface area contributed by atoms with Gasteiger partial charge in [-0.1, -0.05) is 0 Å². The van der Waals surface area contributed by atoms with Crippen LogP contribution in [0, 0.1) is 0 Å². The first-order valence-electron chi connectivity index (χ1n) is 4.42. The van der Waals surface area contributed by atoms with Gasteiger partial charge in [0.25, 0.3) is 0 Å². The number of rotatable bonds is 4. The Balaban J connectivity index is 2.03. The van der Waals surface area contributed by atoms with E-state index in [1.165, 1.54) is 0 Å². The van der Waals surface area contributed by atoms with Crippen LogP contribution >= 0.6 is 0 Å². The molecular formula is C8H16N2O2. The van der Waals surface area contributed by atoms with Crippen LogP contribution in [-0.2, 0) is 9.53 Å². The van der Waals surface area contributed by atoms with Crippen molar-refractivity contribution in [3.63, 3.8) is 0 Å². The summed E-state index contributed by atoms with van der Waals surface area (Å²) < 4.78 is 4.78. The van der Waals surface area contributed by atoms with Crippen LogP contribution in [0.4, 0.5) is 0 Å². The molecule has 4 nitrogen and oxygen atoms in total. The van der Waals surface area contributed by atoms with Crippen LogP contribution in [0.5, 0.6) is 0 Å². The maximum Gasteiger partial charge on any atom is 0.319 e. The minimum Gasteiger partial charge on any atom is -0.465 e. The van der Waals surface area contributed by atoms with E-state index in [2.05, 4.69) is 10.6 Å². The summed E-state index contributed by atoms with van der Waals surface area (Å²) in [7, 11) is 0. The molecule has 1 fully saturated rings. The highest BCUT2D eigenvalue weighted by Gasteiger charge is 2.14. The van der Waals surface area contributed by atoms with Gasteiger partial charge in [-0.05, 0) is 19.9 Å². The van der Waals surface area contributed by atoms with E-state index in [4.69, 9.17) is 4.74 Å². The van der Waals surface area contributed by atoms with Crippen molar-refractivity contribution in [3.05, 3.63) is 0 Å². The first kappa shape index (κ1) is 9.48. The van der Waals surface area contributed by atoms with Crippen molar-refractivity contribution in [2.24, 2.45) is 0 Å². The van der Waals surface area contributed by atoms with Crippen molar-refractivity contribution >= 4 is 5.97 Å². The van der Waals surface area contributed by atoms with Crippen LogP contribution < -0.4 is 10.6 Å².